The molecule has 0 unspecified atom stereocenters. The minimum atomic E-state index is -0.240. The van der Waals surface area contributed by atoms with E-state index in [1.165, 1.54) is 0 Å². The lowest BCUT2D eigenvalue weighted by Gasteiger charge is -2.07. The van der Waals surface area contributed by atoms with Crippen LogP contribution in [0, 0.1) is 6.92 Å². The monoisotopic (exact) mass is 335 g/mol. The van der Waals surface area contributed by atoms with Crippen LogP contribution in [-0.2, 0) is 0 Å². The molecule has 1 heterocycles. The van der Waals surface area contributed by atoms with Gasteiger partial charge in [0.2, 0.25) is 0 Å². The normalized spacial score (nSPS) is 11.1. The highest BCUT2D eigenvalue weighted by Gasteiger charge is 2.12. The first-order valence-electron chi connectivity index (χ1n) is 7.60. The van der Waals surface area contributed by atoms with Gasteiger partial charge in [-0.15, -0.1) is 0 Å². The Bertz CT molecular complexity index is 1080. The summed E-state index contributed by atoms with van der Waals surface area (Å²) < 4.78 is 5.84. The number of hydrogen-bond acceptors (Lipinski definition) is 2. The van der Waals surface area contributed by atoms with Crippen molar-refractivity contribution in [2.45, 2.75) is 6.92 Å². The molecule has 1 N–H and O–H groups in total. The molecule has 0 saturated carbocycles. The third kappa shape index (κ3) is 2.53. The van der Waals surface area contributed by atoms with Crippen molar-refractivity contribution < 1.29 is 9.21 Å². The van der Waals surface area contributed by atoms with Crippen molar-refractivity contribution in [3.8, 4) is 0 Å². The molecular weight excluding hydrogens is 322 g/mol. The molecule has 0 radical (unpaired) electrons. The number of halogens is 1. The van der Waals surface area contributed by atoms with Gasteiger partial charge in [0.05, 0.1) is 10.6 Å². The number of carbonyl (C=O) groups excluding carboxylic acids is 1. The number of hydrogen-bond donors (Lipinski definition) is 1. The van der Waals surface area contributed by atoms with Crippen molar-refractivity contribution in [2.24, 2.45) is 0 Å². The van der Waals surface area contributed by atoms with Crippen LogP contribution in [0.3, 0.4) is 0 Å². The second kappa shape index (κ2) is 5.69. The van der Waals surface area contributed by atoms with Crippen LogP contribution in [0.2, 0.25) is 5.02 Å². The molecule has 0 atom stereocenters. The molecule has 0 saturated heterocycles. The van der Waals surface area contributed by atoms with Gasteiger partial charge in [-0.05, 0) is 42.8 Å². The van der Waals surface area contributed by atoms with E-state index in [1.807, 2.05) is 55.5 Å². The summed E-state index contributed by atoms with van der Waals surface area (Å²) in [7, 11) is 0. The van der Waals surface area contributed by atoms with Gasteiger partial charge in [-0.3, -0.25) is 4.79 Å². The fraction of sp³-hybridized carbons (Fsp3) is 0.0500. The first-order chi connectivity index (χ1) is 11.6. The number of anilines is 1. The predicted octanol–water partition coefficient (Wildman–Crippen LogP) is 5.80. The van der Waals surface area contributed by atoms with E-state index in [4.69, 9.17) is 16.0 Å². The summed E-state index contributed by atoms with van der Waals surface area (Å²) in [5.74, 6) is -0.240. The molecule has 4 heteroatoms. The van der Waals surface area contributed by atoms with Gasteiger partial charge in [-0.25, -0.2) is 0 Å². The summed E-state index contributed by atoms with van der Waals surface area (Å²) in [6.45, 7) is 1.93. The van der Waals surface area contributed by atoms with Crippen molar-refractivity contribution in [1.82, 2.24) is 0 Å². The van der Waals surface area contributed by atoms with Crippen LogP contribution >= 0.6 is 11.6 Å². The molecule has 0 fully saturated rings. The Kier molecular flexibility index (Phi) is 3.51. The Morgan fingerprint density at radius 1 is 0.958 bits per heavy atom. The van der Waals surface area contributed by atoms with Crippen LogP contribution < -0.4 is 5.32 Å². The highest BCUT2D eigenvalue weighted by atomic mass is 35.5. The predicted molar refractivity (Wildman–Crippen MR) is 97.9 cm³/mol. The molecule has 1 aromatic heterocycles. The maximum Gasteiger partial charge on any atom is 0.257 e. The van der Waals surface area contributed by atoms with Crippen molar-refractivity contribution in [3.05, 3.63) is 76.8 Å². The average molecular weight is 336 g/mol. The van der Waals surface area contributed by atoms with Crippen molar-refractivity contribution >= 4 is 45.1 Å². The number of furan rings is 1. The van der Waals surface area contributed by atoms with Crippen molar-refractivity contribution in [3.63, 3.8) is 0 Å². The number of para-hydroxylation sites is 1. The van der Waals surface area contributed by atoms with Gasteiger partial charge in [-0.2, -0.15) is 0 Å². The maximum atomic E-state index is 12.4. The third-order valence-corrected chi connectivity index (χ3v) is 4.32. The summed E-state index contributed by atoms with van der Waals surface area (Å²) in [6.07, 6.45) is 0. The zero-order valence-corrected chi connectivity index (χ0v) is 13.7. The average Bonchev–Trinajstić information content (AvgIpc) is 2.92. The van der Waals surface area contributed by atoms with Gasteiger partial charge in [0.15, 0.2) is 0 Å². The zero-order valence-electron chi connectivity index (χ0n) is 13.0. The number of rotatable bonds is 2. The van der Waals surface area contributed by atoms with E-state index in [9.17, 15) is 4.79 Å². The molecule has 1 amide bonds. The van der Waals surface area contributed by atoms with E-state index in [2.05, 4.69) is 5.32 Å². The van der Waals surface area contributed by atoms with E-state index in [1.54, 1.807) is 12.1 Å². The lowest BCUT2D eigenvalue weighted by molar-refractivity contribution is 0.102. The molecule has 0 spiro atoms. The van der Waals surface area contributed by atoms with Crippen molar-refractivity contribution in [2.75, 3.05) is 5.32 Å². The van der Waals surface area contributed by atoms with Crippen LogP contribution in [0.25, 0.3) is 21.9 Å². The van der Waals surface area contributed by atoms with E-state index in [-0.39, 0.29) is 5.91 Å². The van der Waals surface area contributed by atoms with Crippen LogP contribution in [-0.4, -0.2) is 5.91 Å². The van der Waals surface area contributed by atoms with E-state index < -0.39 is 0 Å². The fourth-order valence-electron chi connectivity index (χ4n) is 2.81. The molecule has 3 nitrogen and oxygen atoms in total. The minimum Gasteiger partial charge on any atom is -0.456 e. The van der Waals surface area contributed by atoms with Gasteiger partial charge >= 0.3 is 0 Å². The second-order valence-electron chi connectivity index (χ2n) is 5.75. The van der Waals surface area contributed by atoms with Gasteiger partial charge in [0, 0.05) is 22.5 Å². The van der Waals surface area contributed by atoms with Crippen molar-refractivity contribution in [1.29, 1.82) is 0 Å². The third-order valence-electron chi connectivity index (χ3n) is 4.01. The second-order valence-corrected chi connectivity index (χ2v) is 6.15. The summed E-state index contributed by atoms with van der Waals surface area (Å²) in [6, 6.07) is 18.9. The molecule has 118 valence electrons. The first-order valence-corrected chi connectivity index (χ1v) is 7.98. The highest BCUT2D eigenvalue weighted by Crippen LogP contribution is 2.30. The quantitative estimate of drug-likeness (QED) is 0.503. The zero-order chi connectivity index (χ0) is 16.7. The Morgan fingerprint density at radius 2 is 1.75 bits per heavy atom. The van der Waals surface area contributed by atoms with Crippen LogP contribution in [0.15, 0.2) is 65.1 Å². The van der Waals surface area contributed by atoms with Crippen LogP contribution in [0.1, 0.15) is 15.9 Å². The fourth-order valence-corrected chi connectivity index (χ4v) is 3.13. The van der Waals surface area contributed by atoms with Crippen LogP contribution in [0.5, 0.6) is 0 Å². The van der Waals surface area contributed by atoms with E-state index in [0.29, 0.717) is 16.3 Å². The largest absolute Gasteiger partial charge is 0.456 e. The SMILES string of the molecule is Cc1ccc(C(=O)Nc2ccc3c(c2)oc2ccccc23)c(Cl)c1. The molecule has 3 aromatic carbocycles. The van der Waals surface area contributed by atoms with Gasteiger partial charge < -0.3 is 9.73 Å². The lowest BCUT2D eigenvalue weighted by atomic mass is 10.1. The van der Waals surface area contributed by atoms with Gasteiger partial charge in [-0.1, -0.05) is 35.9 Å². The molecule has 0 aliphatic carbocycles. The standard InChI is InChI=1S/C20H14ClNO2/c1-12-6-8-16(17(21)10-12)20(23)22-13-7-9-15-14-4-2-3-5-18(14)24-19(15)11-13/h2-11H,1H3,(H,22,23). The number of nitrogens with one attached hydrogen (secondary N) is 1. The molecule has 0 aliphatic rings. The van der Waals surface area contributed by atoms with Crippen LogP contribution in [0.4, 0.5) is 5.69 Å². The van der Waals surface area contributed by atoms with Gasteiger partial charge in [0.25, 0.3) is 5.91 Å². The number of fused-ring (bicyclic) bond motifs is 3. The summed E-state index contributed by atoms with van der Waals surface area (Å²) in [5.41, 5.74) is 3.71. The number of aryl methyl sites for hydroxylation is 1. The van der Waals surface area contributed by atoms with E-state index in [0.717, 1.165) is 27.5 Å². The molecule has 4 aromatic rings. The molecule has 0 bridgehead atoms. The highest BCUT2D eigenvalue weighted by molar-refractivity contribution is 6.34. The van der Waals surface area contributed by atoms with E-state index >= 15 is 0 Å². The Balaban J connectivity index is 1.69. The smallest absolute Gasteiger partial charge is 0.257 e. The Hall–Kier alpha value is -2.78. The number of carbonyl (C=O) groups is 1. The maximum absolute atomic E-state index is 12.4. The number of benzene rings is 3. The summed E-state index contributed by atoms with van der Waals surface area (Å²) >= 11 is 6.16. The number of amides is 1. The molecule has 24 heavy (non-hydrogen) atoms. The first kappa shape index (κ1) is 14.8. The minimum absolute atomic E-state index is 0.240. The summed E-state index contributed by atoms with van der Waals surface area (Å²) in [5, 5.41) is 5.40. The lowest BCUT2D eigenvalue weighted by Crippen LogP contribution is -2.12. The van der Waals surface area contributed by atoms with Gasteiger partial charge in [0.1, 0.15) is 11.2 Å². The molecule has 4 rings (SSSR count). The Morgan fingerprint density at radius 3 is 2.58 bits per heavy atom. The summed E-state index contributed by atoms with van der Waals surface area (Å²) in [4.78, 5) is 12.4. The topological polar surface area (TPSA) is 42.2 Å². The Labute approximate surface area is 143 Å². The molecular formula is C20H14ClNO2. The molecule has 0 aliphatic heterocycles.